The number of hydrogen-bond donors (Lipinski definition) is 0. The zero-order valence-corrected chi connectivity index (χ0v) is 10.1. The third-order valence-electron chi connectivity index (χ3n) is 1.89. The van der Waals surface area contributed by atoms with Crippen LogP contribution in [0.25, 0.3) is 0 Å². The van der Waals surface area contributed by atoms with E-state index in [0.29, 0.717) is 5.56 Å². The lowest BCUT2D eigenvalue weighted by atomic mass is 10.1. The molecule has 17 heavy (non-hydrogen) atoms. The lowest BCUT2D eigenvalue weighted by Crippen LogP contribution is -1.98. The van der Waals surface area contributed by atoms with E-state index >= 15 is 0 Å². The van der Waals surface area contributed by atoms with Crippen LogP contribution in [-0.2, 0) is 0 Å². The van der Waals surface area contributed by atoms with Crippen molar-refractivity contribution in [1.29, 1.82) is 0 Å². The van der Waals surface area contributed by atoms with E-state index in [4.69, 9.17) is 4.74 Å². The summed E-state index contributed by atoms with van der Waals surface area (Å²) in [6, 6.07) is 2.17. The smallest absolute Gasteiger partial charge is 0.349 e. The summed E-state index contributed by atoms with van der Waals surface area (Å²) in [4.78, 5) is 19.5. The van der Waals surface area contributed by atoms with E-state index in [1.54, 1.807) is 6.92 Å². The van der Waals surface area contributed by atoms with Gasteiger partial charge in [0.2, 0.25) is 0 Å². The summed E-state index contributed by atoms with van der Waals surface area (Å²) in [5, 5.41) is 21.1. The summed E-state index contributed by atoms with van der Waals surface area (Å²) in [5.41, 5.74) is -0.615. The first kappa shape index (κ1) is 14.8. The van der Waals surface area contributed by atoms with Gasteiger partial charge in [0.05, 0.1) is 23.0 Å². The van der Waals surface area contributed by atoms with Gasteiger partial charge in [-0.05, 0) is 12.5 Å². The van der Waals surface area contributed by atoms with E-state index in [0.717, 1.165) is 12.1 Å². The highest BCUT2D eigenvalue weighted by Crippen LogP contribution is 2.33. The Morgan fingerprint density at radius 3 is 1.82 bits per heavy atom. The van der Waals surface area contributed by atoms with E-state index in [-0.39, 0.29) is 5.75 Å². The number of ether oxygens (including phenoxy) is 1. The first-order valence-electron chi connectivity index (χ1n) is 4.94. The second-order valence-electron chi connectivity index (χ2n) is 2.82. The molecule has 0 N–H and O–H groups in total. The zero-order valence-electron chi connectivity index (χ0n) is 10.1. The molecule has 0 aromatic heterocycles. The van der Waals surface area contributed by atoms with Gasteiger partial charge < -0.3 is 4.74 Å². The van der Waals surface area contributed by atoms with Gasteiger partial charge >= 0.3 is 11.4 Å². The van der Waals surface area contributed by atoms with Crippen LogP contribution < -0.4 is 4.74 Å². The minimum Gasteiger partial charge on any atom is -0.496 e. The van der Waals surface area contributed by atoms with Gasteiger partial charge in [0.25, 0.3) is 0 Å². The Labute approximate surface area is 98.3 Å². The number of aryl methyl sites for hydroxylation is 1. The van der Waals surface area contributed by atoms with Crippen molar-refractivity contribution in [2.45, 2.75) is 20.8 Å². The molecule has 1 aromatic rings. The van der Waals surface area contributed by atoms with Crippen molar-refractivity contribution in [3.05, 3.63) is 37.9 Å². The van der Waals surface area contributed by atoms with Crippen LogP contribution >= 0.6 is 0 Å². The molecule has 0 unspecified atom stereocenters. The fraction of sp³-hybridized carbons (Fsp3) is 0.400. The second kappa shape index (κ2) is 6.41. The van der Waals surface area contributed by atoms with Crippen molar-refractivity contribution in [3.8, 4) is 5.75 Å². The molecule has 0 fully saturated rings. The molecule has 1 rings (SSSR count). The fourth-order valence-corrected chi connectivity index (χ4v) is 1.17. The minimum atomic E-state index is -0.805. The number of rotatable bonds is 3. The number of nitro groups is 2. The molecule has 0 heterocycles. The first-order valence-corrected chi connectivity index (χ1v) is 4.94. The Hall–Kier alpha value is -2.18. The Kier molecular flexibility index (Phi) is 5.59. The monoisotopic (exact) mass is 242 g/mol. The summed E-state index contributed by atoms with van der Waals surface area (Å²) >= 11 is 0. The summed E-state index contributed by atoms with van der Waals surface area (Å²) in [7, 11) is 1.35. The van der Waals surface area contributed by atoms with Crippen LogP contribution in [0.1, 0.15) is 19.4 Å². The molecule has 7 heteroatoms. The standard InChI is InChI=1S/C8H8N2O5.C2H6/c1-5-3-6(9(11)12)7(10(13)14)4-8(5)15-2;1-2/h3-4H,1-2H3;1-2H3. The highest BCUT2D eigenvalue weighted by molar-refractivity contribution is 5.59. The molecule has 94 valence electrons. The Balaban J connectivity index is 0.00000121. The van der Waals surface area contributed by atoms with E-state index in [1.165, 1.54) is 7.11 Å². The molecule has 1 aromatic carbocycles. The van der Waals surface area contributed by atoms with Gasteiger partial charge in [0, 0.05) is 6.07 Å². The van der Waals surface area contributed by atoms with Crippen molar-refractivity contribution in [2.24, 2.45) is 0 Å². The summed E-state index contributed by atoms with van der Waals surface area (Å²) in [6.07, 6.45) is 0. The van der Waals surface area contributed by atoms with E-state index in [9.17, 15) is 20.2 Å². The maximum atomic E-state index is 10.6. The van der Waals surface area contributed by atoms with Crippen LogP contribution in [0.2, 0.25) is 0 Å². The Morgan fingerprint density at radius 2 is 1.47 bits per heavy atom. The topological polar surface area (TPSA) is 95.5 Å². The summed E-state index contributed by atoms with van der Waals surface area (Å²) in [5.74, 6) is 0.257. The maximum Gasteiger partial charge on any atom is 0.349 e. The van der Waals surface area contributed by atoms with Crippen LogP contribution in [0.5, 0.6) is 5.75 Å². The predicted octanol–water partition coefficient (Wildman–Crippen LogP) is 2.85. The van der Waals surface area contributed by atoms with Gasteiger partial charge in [-0.1, -0.05) is 13.8 Å². The van der Waals surface area contributed by atoms with Gasteiger partial charge in [-0.3, -0.25) is 20.2 Å². The number of benzene rings is 1. The molecule has 0 aliphatic carbocycles. The highest BCUT2D eigenvalue weighted by Gasteiger charge is 2.26. The normalized spacial score (nSPS) is 8.94. The molecule has 0 spiro atoms. The summed E-state index contributed by atoms with van der Waals surface area (Å²) in [6.45, 7) is 5.58. The van der Waals surface area contributed by atoms with E-state index in [2.05, 4.69) is 0 Å². The van der Waals surface area contributed by atoms with Crippen LogP contribution in [0, 0.1) is 27.2 Å². The number of nitrogens with zero attached hydrogens (tertiary/aromatic N) is 2. The fourth-order valence-electron chi connectivity index (χ4n) is 1.17. The van der Waals surface area contributed by atoms with Gasteiger partial charge in [0.15, 0.2) is 0 Å². The molecule has 0 aliphatic rings. The molecule has 0 saturated heterocycles. The molecule has 0 aliphatic heterocycles. The average Bonchev–Trinajstić information content (AvgIpc) is 2.30. The van der Waals surface area contributed by atoms with Crippen LogP contribution in [-0.4, -0.2) is 17.0 Å². The van der Waals surface area contributed by atoms with Gasteiger partial charge in [-0.15, -0.1) is 0 Å². The average molecular weight is 242 g/mol. The van der Waals surface area contributed by atoms with Crippen molar-refractivity contribution >= 4 is 11.4 Å². The zero-order chi connectivity index (χ0) is 13.6. The quantitative estimate of drug-likeness (QED) is 0.599. The van der Waals surface area contributed by atoms with Gasteiger partial charge in [0.1, 0.15) is 5.75 Å². The highest BCUT2D eigenvalue weighted by atomic mass is 16.6. The number of methoxy groups -OCH3 is 1. The van der Waals surface area contributed by atoms with Crippen molar-refractivity contribution in [2.75, 3.05) is 7.11 Å². The molecular formula is C10H14N2O5. The van der Waals surface area contributed by atoms with Crippen LogP contribution in [0.4, 0.5) is 11.4 Å². The largest absolute Gasteiger partial charge is 0.496 e. The molecule has 0 atom stereocenters. The third-order valence-corrected chi connectivity index (χ3v) is 1.89. The van der Waals surface area contributed by atoms with Crippen molar-refractivity contribution in [1.82, 2.24) is 0 Å². The molecule has 0 amide bonds. The third kappa shape index (κ3) is 3.40. The predicted molar refractivity (Wildman–Crippen MR) is 62.4 cm³/mol. The Bertz CT molecular complexity index is 431. The van der Waals surface area contributed by atoms with Crippen molar-refractivity contribution < 1.29 is 14.6 Å². The molecule has 0 radical (unpaired) electrons. The molecule has 0 saturated carbocycles. The lowest BCUT2D eigenvalue weighted by Gasteiger charge is -2.03. The minimum absolute atomic E-state index is 0.257. The number of nitro benzene ring substituents is 2. The van der Waals surface area contributed by atoms with Gasteiger partial charge in [-0.2, -0.15) is 0 Å². The van der Waals surface area contributed by atoms with Gasteiger partial charge in [-0.25, -0.2) is 0 Å². The van der Waals surface area contributed by atoms with Crippen LogP contribution in [0.15, 0.2) is 12.1 Å². The number of hydrogen-bond acceptors (Lipinski definition) is 5. The summed E-state index contributed by atoms with van der Waals surface area (Å²) < 4.78 is 4.84. The van der Waals surface area contributed by atoms with E-state index in [1.807, 2.05) is 13.8 Å². The lowest BCUT2D eigenvalue weighted by molar-refractivity contribution is -0.422. The van der Waals surface area contributed by atoms with E-state index < -0.39 is 21.2 Å². The maximum absolute atomic E-state index is 10.6. The molecule has 0 bridgehead atoms. The SMILES string of the molecule is CC.COc1cc([N+](=O)[O-])c([N+](=O)[O-])cc1C. The Morgan fingerprint density at radius 1 is 1.06 bits per heavy atom. The van der Waals surface area contributed by atoms with Crippen molar-refractivity contribution in [3.63, 3.8) is 0 Å². The molecular weight excluding hydrogens is 228 g/mol. The first-order chi connectivity index (χ1) is 7.97. The molecule has 7 nitrogen and oxygen atoms in total. The second-order valence-corrected chi connectivity index (χ2v) is 2.82. The van der Waals surface area contributed by atoms with Crippen LogP contribution in [0.3, 0.4) is 0 Å².